The molecule has 0 spiro atoms. The Hall–Kier alpha value is -1.80. The van der Waals surface area contributed by atoms with E-state index < -0.39 is 0 Å². The van der Waals surface area contributed by atoms with Crippen molar-refractivity contribution in [3.05, 3.63) is 35.4 Å². The third kappa shape index (κ3) is 8.52. The molecule has 168 valence electrons. The summed E-state index contributed by atoms with van der Waals surface area (Å²) in [6.07, 6.45) is 6.29. The molecule has 0 aromatic heterocycles. The van der Waals surface area contributed by atoms with E-state index in [0.29, 0.717) is 57.3 Å². The lowest BCUT2D eigenvalue weighted by molar-refractivity contribution is 0.00323. The van der Waals surface area contributed by atoms with E-state index >= 15 is 0 Å². The van der Waals surface area contributed by atoms with Gasteiger partial charge in [0.2, 0.25) is 0 Å². The molecule has 1 aromatic rings. The fourth-order valence-electron chi connectivity index (χ4n) is 3.31. The molecule has 30 heavy (non-hydrogen) atoms. The number of rotatable bonds is 18. The van der Waals surface area contributed by atoms with Crippen LogP contribution in [-0.4, -0.2) is 76.6 Å². The number of fused-ring (bicyclic) bond motifs is 1. The van der Waals surface area contributed by atoms with Gasteiger partial charge in [0.05, 0.1) is 50.8 Å². The number of ether oxygens (including phenoxy) is 4. The van der Waals surface area contributed by atoms with Crippen LogP contribution in [0.4, 0.5) is 0 Å². The molecule has 0 saturated carbocycles. The molecule has 0 atom stereocenters. The molecule has 2 rings (SSSR count). The van der Waals surface area contributed by atoms with Crippen LogP contribution in [0.25, 0.3) is 0 Å². The summed E-state index contributed by atoms with van der Waals surface area (Å²) in [6.45, 7) is 4.82. The highest BCUT2D eigenvalue weighted by atomic mass is 16.6. The largest absolute Gasteiger partial charge is 0.382 e. The number of imide groups is 1. The zero-order valence-corrected chi connectivity index (χ0v) is 18.1. The molecule has 1 heterocycles. The minimum Gasteiger partial charge on any atom is -0.382 e. The van der Waals surface area contributed by atoms with E-state index in [-0.39, 0.29) is 11.8 Å². The van der Waals surface area contributed by atoms with Crippen molar-refractivity contribution >= 4 is 11.8 Å². The highest BCUT2D eigenvalue weighted by Crippen LogP contribution is 2.22. The van der Waals surface area contributed by atoms with Crippen LogP contribution >= 0.6 is 0 Å². The van der Waals surface area contributed by atoms with Crippen LogP contribution in [0.15, 0.2) is 24.3 Å². The van der Waals surface area contributed by atoms with Gasteiger partial charge in [0.25, 0.3) is 11.8 Å². The van der Waals surface area contributed by atoms with Gasteiger partial charge in [-0.15, -0.1) is 0 Å². The third-order valence-electron chi connectivity index (χ3n) is 4.97. The van der Waals surface area contributed by atoms with Crippen LogP contribution in [0.2, 0.25) is 0 Å². The molecule has 1 aromatic carbocycles. The van der Waals surface area contributed by atoms with Gasteiger partial charge in [-0.05, 0) is 25.0 Å². The molecular weight excluding hydrogens is 386 g/mol. The second-order valence-electron chi connectivity index (χ2n) is 7.26. The molecule has 1 aliphatic heterocycles. The predicted octanol–water partition coefficient (Wildman–Crippen LogP) is 3.32. The van der Waals surface area contributed by atoms with Crippen LogP contribution in [0.1, 0.15) is 59.2 Å². The first-order valence-electron chi connectivity index (χ1n) is 10.9. The fraction of sp³-hybridized carbons (Fsp3) is 0.652. The molecule has 0 saturated heterocycles. The average molecular weight is 422 g/mol. The number of amides is 2. The molecule has 0 aliphatic carbocycles. The summed E-state index contributed by atoms with van der Waals surface area (Å²) in [5.74, 6) is -0.314. The van der Waals surface area contributed by atoms with Crippen molar-refractivity contribution in [2.24, 2.45) is 0 Å². The number of benzene rings is 1. The smallest absolute Gasteiger partial charge is 0.261 e. The first-order valence-corrected chi connectivity index (χ1v) is 10.9. The number of nitrogens with zero attached hydrogens (tertiary/aromatic N) is 1. The summed E-state index contributed by atoms with van der Waals surface area (Å²) in [7, 11) is 1.65. The number of hydrogen-bond donors (Lipinski definition) is 0. The molecule has 0 bridgehead atoms. The molecule has 2 amide bonds. The highest BCUT2D eigenvalue weighted by molar-refractivity contribution is 6.21. The lowest BCUT2D eigenvalue weighted by atomic mass is 10.1. The number of methoxy groups -OCH3 is 1. The van der Waals surface area contributed by atoms with Gasteiger partial charge < -0.3 is 18.9 Å². The number of carbonyl (C=O) groups is 2. The summed E-state index contributed by atoms with van der Waals surface area (Å²) in [4.78, 5) is 25.9. The Kier molecular flexibility index (Phi) is 12.3. The number of carbonyl (C=O) groups excluding carboxylic acids is 2. The van der Waals surface area contributed by atoms with Crippen molar-refractivity contribution in [3.8, 4) is 0 Å². The number of hydrogen-bond acceptors (Lipinski definition) is 6. The molecule has 0 fully saturated rings. The van der Waals surface area contributed by atoms with Crippen molar-refractivity contribution in [3.63, 3.8) is 0 Å². The Bertz CT molecular complexity index is 601. The van der Waals surface area contributed by atoms with Crippen LogP contribution in [0, 0.1) is 0 Å². The van der Waals surface area contributed by atoms with E-state index in [4.69, 9.17) is 18.9 Å². The third-order valence-corrected chi connectivity index (χ3v) is 4.97. The van der Waals surface area contributed by atoms with Gasteiger partial charge in [0.15, 0.2) is 0 Å². The number of unbranched alkanes of at least 4 members (excludes halogenated alkanes) is 5. The Balaban J connectivity index is 1.35. The van der Waals surface area contributed by atoms with Crippen molar-refractivity contribution < 1.29 is 28.5 Å². The summed E-state index contributed by atoms with van der Waals surface area (Å²) in [5.41, 5.74) is 1.06. The van der Waals surface area contributed by atoms with Crippen molar-refractivity contribution in [1.82, 2.24) is 4.90 Å². The summed E-state index contributed by atoms with van der Waals surface area (Å²) in [5, 5.41) is 0. The Morgan fingerprint density at radius 2 is 1.10 bits per heavy atom. The Morgan fingerprint density at radius 3 is 1.67 bits per heavy atom. The SMILES string of the molecule is COCCOCCOCCOCCCCCCCCN1C(=O)c2ccccc2C1=O. The Morgan fingerprint density at radius 1 is 0.633 bits per heavy atom. The predicted molar refractivity (Wildman–Crippen MR) is 114 cm³/mol. The van der Waals surface area contributed by atoms with E-state index in [1.54, 1.807) is 31.4 Å². The zero-order valence-electron chi connectivity index (χ0n) is 18.1. The van der Waals surface area contributed by atoms with Gasteiger partial charge in [-0.3, -0.25) is 14.5 Å². The summed E-state index contributed by atoms with van der Waals surface area (Å²) >= 11 is 0. The summed E-state index contributed by atoms with van der Waals surface area (Å²) in [6, 6.07) is 7.04. The monoisotopic (exact) mass is 421 g/mol. The topological polar surface area (TPSA) is 74.3 Å². The minimum atomic E-state index is -0.157. The van der Waals surface area contributed by atoms with Crippen LogP contribution < -0.4 is 0 Å². The standard InChI is InChI=1S/C23H35NO6/c1-27-14-15-29-18-19-30-17-16-28-13-9-5-3-2-4-8-12-24-22(25)20-10-6-7-11-21(20)23(24)26/h6-7,10-11H,2-5,8-9,12-19H2,1H3. The quantitative estimate of drug-likeness (QED) is 0.267. The van der Waals surface area contributed by atoms with Gasteiger partial charge in [0.1, 0.15) is 0 Å². The van der Waals surface area contributed by atoms with Gasteiger partial charge in [-0.1, -0.05) is 37.8 Å². The average Bonchev–Trinajstić information content (AvgIpc) is 3.01. The second-order valence-corrected chi connectivity index (χ2v) is 7.26. The van der Waals surface area contributed by atoms with Gasteiger partial charge in [-0.25, -0.2) is 0 Å². The maximum absolute atomic E-state index is 12.3. The lowest BCUT2D eigenvalue weighted by Crippen LogP contribution is -2.30. The van der Waals surface area contributed by atoms with Crippen molar-refractivity contribution in [2.45, 2.75) is 38.5 Å². The fourth-order valence-corrected chi connectivity index (χ4v) is 3.31. The van der Waals surface area contributed by atoms with Crippen molar-refractivity contribution in [1.29, 1.82) is 0 Å². The molecule has 1 aliphatic rings. The summed E-state index contributed by atoms with van der Waals surface area (Å²) < 4.78 is 21.2. The van der Waals surface area contributed by atoms with E-state index in [1.807, 2.05) is 0 Å². The minimum absolute atomic E-state index is 0.157. The van der Waals surface area contributed by atoms with Gasteiger partial charge >= 0.3 is 0 Å². The van der Waals surface area contributed by atoms with E-state index in [1.165, 1.54) is 4.90 Å². The first kappa shape index (κ1) is 24.5. The van der Waals surface area contributed by atoms with Crippen LogP contribution in [-0.2, 0) is 18.9 Å². The van der Waals surface area contributed by atoms with E-state index in [9.17, 15) is 9.59 Å². The molecule has 0 unspecified atom stereocenters. The second kappa shape index (κ2) is 15.1. The highest BCUT2D eigenvalue weighted by Gasteiger charge is 2.34. The van der Waals surface area contributed by atoms with E-state index in [0.717, 1.165) is 45.1 Å². The Labute approximate surface area is 179 Å². The van der Waals surface area contributed by atoms with Gasteiger partial charge in [0, 0.05) is 20.3 Å². The van der Waals surface area contributed by atoms with Crippen molar-refractivity contribution in [2.75, 3.05) is 59.9 Å². The molecule has 7 nitrogen and oxygen atoms in total. The maximum Gasteiger partial charge on any atom is 0.261 e. The molecule has 0 N–H and O–H groups in total. The molecule has 0 radical (unpaired) electrons. The maximum atomic E-state index is 12.3. The zero-order chi connectivity index (χ0) is 21.4. The molecular formula is C23H35NO6. The lowest BCUT2D eigenvalue weighted by Gasteiger charge is -2.13. The first-order chi connectivity index (χ1) is 14.8. The van der Waals surface area contributed by atoms with Crippen LogP contribution in [0.3, 0.4) is 0 Å². The van der Waals surface area contributed by atoms with E-state index in [2.05, 4.69) is 0 Å². The van der Waals surface area contributed by atoms with Gasteiger partial charge in [-0.2, -0.15) is 0 Å². The molecule has 7 heteroatoms. The normalized spacial score (nSPS) is 13.3. The van der Waals surface area contributed by atoms with Crippen LogP contribution in [0.5, 0.6) is 0 Å².